The quantitative estimate of drug-likeness (QED) is 0.861. The molecule has 112 valence electrons. The molecule has 4 nitrogen and oxygen atoms in total. The minimum absolute atomic E-state index is 0.676. The van der Waals surface area contributed by atoms with Crippen molar-refractivity contribution in [2.75, 3.05) is 37.6 Å². The molecule has 1 atom stereocenters. The van der Waals surface area contributed by atoms with E-state index in [-0.39, 0.29) is 0 Å². The maximum Gasteiger partial charge on any atom is 0.131 e. The molecular formula is C16H28N4. The van der Waals surface area contributed by atoms with Crippen molar-refractivity contribution in [3.63, 3.8) is 0 Å². The van der Waals surface area contributed by atoms with E-state index in [0.717, 1.165) is 38.4 Å². The first kappa shape index (κ1) is 15.3. The summed E-state index contributed by atoms with van der Waals surface area (Å²) < 4.78 is 0. The number of rotatable bonds is 6. The third-order valence-electron chi connectivity index (χ3n) is 4.33. The minimum atomic E-state index is 0.676. The lowest BCUT2D eigenvalue weighted by Gasteiger charge is -2.26. The Morgan fingerprint density at radius 3 is 2.75 bits per heavy atom. The van der Waals surface area contributed by atoms with Crippen LogP contribution in [0.3, 0.4) is 0 Å². The fourth-order valence-corrected chi connectivity index (χ4v) is 3.23. The van der Waals surface area contributed by atoms with Crippen LogP contribution in [-0.4, -0.2) is 48.6 Å². The van der Waals surface area contributed by atoms with E-state index in [2.05, 4.69) is 41.6 Å². The highest BCUT2D eigenvalue weighted by Gasteiger charge is 2.27. The largest absolute Gasteiger partial charge is 0.355 e. The van der Waals surface area contributed by atoms with Gasteiger partial charge in [0.25, 0.3) is 0 Å². The summed E-state index contributed by atoms with van der Waals surface area (Å²) in [5.41, 5.74) is 8.13. The highest BCUT2D eigenvalue weighted by atomic mass is 15.3. The number of hydrogen-bond acceptors (Lipinski definition) is 4. The molecule has 0 spiro atoms. The Labute approximate surface area is 123 Å². The number of nitrogens with zero attached hydrogens (tertiary/aromatic N) is 3. The predicted octanol–water partition coefficient (Wildman–Crippen LogP) is 1.81. The SMILES string of the molecule is CCN(CC)C1CCN(c2ncc(CCN)cc2C)C1. The van der Waals surface area contributed by atoms with Crippen molar-refractivity contribution < 1.29 is 0 Å². The molecule has 0 amide bonds. The first-order valence-electron chi connectivity index (χ1n) is 7.84. The lowest BCUT2D eigenvalue weighted by molar-refractivity contribution is 0.232. The second-order valence-corrected chi connectivity index (χ2v) is 5.63. The zero-order valence-corrected chi connectivity index (χ0v) is 13.1. The molecule has 1 aliphatic heterocycles. The van der Waals surface area contributed by atoms with Gasteiger partial charge in [0.2, 0.25) is 0 Å². The van der Waals surface area contributed by atoms with E-state index in [1.807, 2.05) is 6.20 Å². The molecule has 4 heteroatoms. The minimum Gasteiger partial charge on any atom is -0.355 e. The van der Waals surface area contributed by atoms with Crippen LogP contribution in [0.5, 0.6) is 0 Å². The number of anilines is 1. The molecule has 0 bridgehead atoms. The zero-order chi connectivity index (χ0) is 14.5. The van der Waals surface area contributed by atoms with Crippen LogP contribution in [0.25, 0.3) is 0 Å². The van der Waals surface area contributed by atoms with E-state index in [1.165, 1.54) is 17.5 Å². The number of pyridine rings is 1. The van der Waals surface area contributed by atoms with E-state index >= 15 is 0 Å². The zero-order valence-electron chi connectivity index (χ0n) is 13.1. The number of aromatic nitrogens is 1. The van der Waals surface area contributed by atoms with Gasteiger partial charge >= 0.3 is 0 Å². The Morgan fingerprint density at radius 1 is 1.40 bits per heavy atom. The maximum absolute atomic E-state index is 5.61. The van der Waals surface area contributed by atoms with Gasteiger partial charge in [0.15, 0.2) is 0 Å². The first-order valence-corrected chi connectivity index (χ1v) is 7.84. The average Bonchev–Trinajstić information content (AvgIpc) is 2.90. The molecule has 1 aromatic heterocycles. The molecule has 2 N–H and O–H groups in total. The number of likely N-dealkylation sites (N-methyl/N-ethyl adjacent to an activating group) is 1. The van der Waals surface area contributed by atoms with Crippen LogP contribution in [0.1, 0.15) is 31.4 Å². The van der Waals surface area contributed by atoms with Crippen molar-refractivity contribution in [1.29, 1.82) is 0 Å². The van der Waals surface area contributed by atoms with Gasteiger partial charge in [-0.15, -0.1) is 0 Å². The summed E-state index contributed by atoms with van der Waals surface area (Å²) in [5, 5.41) is 0. The van der Waals surface area contributed by atoms with Crippen LogP contribution in [0.15, 0.2) is 12.3 Å². The van der Waals surface area contributed by atoms with Gasteiger partial charge in [-0.3, -0.25) is 4.90 Å². The Balaban J connectivity index is 2.06. The van der Waals surface area contributed by atoms with Crippen LogP contribution in [0.2, 0.25) is 0 Å². The Kier molecular flexibility index (Phi) is 5.38. The van der Waals surface area contributed by atoms with Crippen LogP contribution < -0.4 is 10.6 Å². The average molecular weight is 276 g/mol. The van der Waals surface area contributed by atoms with Gasteiger partial charge in [0.05, 0.1) is 0 Å². The van der Waals surface area contributed by atoms with E-state index < -0.39 is 0 Å². The molecule has 1 unspecified atom stereocenters. The molecule has 0 radical (unpaired) electrons. The Bertz CT molecular complexity index is 428. The van der Waals surface area contributed by atoms with Gasteiger partial charge in [-0.2, -0.15) is 0 Å². The summed E-state index contributed by atoms with van der Waals surface area (Å²) in [4.78, 5) is 9.66. The summed E-state index contributed by atoms with van der Waals surface area (Å²) in [6.07, 6.45) is 4.14. The monoisotopic (exact) mass is 276 g/mol. The lowest BCUT2D eigenvalue weighted by atomic mass is 10.1. The van der Waals surface area contributed by atoms with Crippen molar-refractivity contribution in [3.8, 4) is 0 Å². The molecule has 20 heavy (non-hydrogen) atoms. The van der Waals surface area contributed by atoms with Crippen molar-refractivity contribution in [2.45, 2.75) is 39.7 Å². The number of hydrogen-bond donors (Lipinski definition) is 1. The summed E-state index contributed by atoms with van der Waals surface area (Å²) in [6, 6.07) is 2.91. The van der Waals surface area contributed by atoms with Crippen molar-refractivity contribution in [3.05, 3.63) is 23.4 Å². The fourth-order valence-electron chi connectivity index (χ4n) is 3.23. The molecule has 1 saturated heterocycles. The lowest BCUT2D eigenvalue weighted by Crippen LogP contribution is -2.37. The summed E-state index contributed by atoms with van der Waals surface area (Å²) in [5.74, 6) is 1.15. The predicted molar refractivity (Wildman–Crippen MR) is 85.3 cm³/mol. The fraction of sp³-hybridized carbons (Fsp3) is 0.688. The van der Waals surface area contributed by atoms with Crippen LogP contribution in [0.4, 0.5) is 5.82 Å². The second-order valence-electron chi connectivity index (χ2n) is 5.63. The van der Waals surface area contributed by atoms with E-state index in [4.69, 9.17) is 5.73 Å². The summed E-state index contributed by atoms with van der Waals surface area (Å²) in [6.45, 7) is 11.8. The molecule has 2 heterocycles. The van der Waals surface area contributed by atoms with Crippen LogP contribution in [0, 0.1) is 6.92 Å². The normalized spacial score (nSPS) is 19.1. The van der Waals surface area contributed by atoms with Crippen molar-refractivity contribution >= 4 is 5.82 Å². The third kappa shape index (κ3) is 3.30. The summed E-state index contributed by atoms with van der Waals surface area (Å²) >= 11 is 0. The summed E-state index contributed by atoms with van der Waals surface area (Å²) in [7, 11) is 0. The second kappa shape index (κ2) is 7.04. The standard InChI is InChI=1S/C16H28N4/c1-4-19(5-2)15-7-9-20(12-15)16-13(3)10-14(6-8-17)11-18-16/h10-11,15H,4-9,12,17H2,1-3H3. The van der Waals surface area contributed by atoms with Crippen LogP contribution in [-0.2, 0) is 6.42 Å². The smallest absolute Gasteiger partial charge is 0.131 e. The topological polar surface area (TPSA) is 45.4 Å². The Morgan fingerprint density at radius 2 is 2.15 bits per heavy atom. The maximum atomic E-state index is 5.61. The molecular weight excluding hydrogens is 248 g/mol. The highest BCUT2D eigenvalue weighted by molar-refractivity contribution is 5.48. The highest BCUT2D eigenvalue weighted by Crippen LogP contribution is 2.24. The van der Waals surface area contributed by atoms with Gasteiger partial charge < -0.3 is 10.6 Å². The van der Waals surface area contributed by atoms with Gasteiger partial charge in [0, 0.05) is 25.3 Å². The van der Waals surface area contributed by atoms with Gasteiger partial charge in [0.1, 0.15) is 5.82 Å². The van der Waals surface area contributed by atoms with E-state index in [9.17, 15) is 0 Å². The molecule has 1 fully saturated rings. The van der Waals surface area contributed by atoms with E-state index in [1.54, 1.807) is 0 Å². The van der Waals surface area contributed by atoms with Crippen LogP contribution >= 0.6 is 0 Å². The molecule has 1 aliphatic rings. The first-order chi connectivity index (χ1) is 9.69. The molecule has 2 rings (SSSR count). The van der Waals surface area contributed by atoms with Crippen molar-refractivity contribution in [2.24, 2.45) is 5.73 Å². The molecule has 1 aromatic rings. The number of nitrogens with two attached hydrogens (primary N) is 1. The van der Waals surface area contributed by atoms with Gasteiger partial charge in [-0.25, -0.2) is 4.98 Å². The molecule has 0 aliphatic carbocycles. The number of aryl methyl sites for hydroxylation is 1. The van der Waals surface area contributed by atoms with Crippen molar-refractivity contribution in [1.82, 2.24) is 9.88 Å². The molecule has 0 aromatic carbocycles. The van der Waals surface area contributed by atoms with E-state index in [0.29, 0.717) is 12.6 Å². The molecule has 0 saturated carbocycles. The van der Waals surface area contributed by atoms with Gasteiger partial charge in [-0.1, -0.05) is 19.9 Å². The third-order valence-corrected chi connectivity index (χ3v) is 4.33. The van der Waals surface area contributed by atoms with Gasteiger partial charge in [-0.05, 0) is 50.5 Å². The Hall–Kier alpha value is -1.13.